The Labute approximate surface area is 313 Å². The van der Waals surface area contributed by atoms with Gasteiger partial charge in [0.15, 0.2) is 0 Å². The van der Waals surface area contributed by atoms with Crippen LogP contribution in [0.1, 0.15) is 25.0 Å². The van der Waals surface area contributed by atoms with Gasteiger partial charge in [-0.15, -0.1) is 0 Å². The second-order valence-corrected chi connectivity index (χ2v) is 15.0. The Morgan fingerprint density at radius 3 is 1.54 bits per heavy atom. The van der Waals surface area contributed by atoms with Crippen molar-refractivity contribution in [3.63, 3.8) is 0 Å². The van der Waals surface area contributed by atoms with Crippen LogP contribution in [0, 0.1) is 0 Å². The van der Waals surface area contributed by atoms with Crippen LogP contribution in [0.2, 0.25) is 0 Å². The Balaban J connectivity index is 1.04. The molecule has 11 rings (SSSR count). The fraction of sp³-hybridized carbons (Fsp3) is 0.0588. The topological polar surface area (TPSA) is 29.5 Å². The molecular formula is C51H35NO2. The average Bonchev–Trinajstić information content (AvgIpc) is 3.84. The Morgan fingerprint density at radius 2 is 0.833 bits per heavy atom. The molecule has 0 fully saturated rings. The summed E-state index contributed by atoms with van der Waals surface area (Å²) in [5.74, 6) is 0. The molecular weight excluding hydrogens is 659 g/mol. The van der Waals surface area contributed by atoms with Crippen LogP contribution in [0.25, 0.3) is 77.3 Å². The van der Waals surface area contributed by atoms with Gasteiger partial charge >= 0.3 is 0 Å². The monoisotopic (exact) mass is 693 g/mol. The van der Waals surface area contributed by atoms with Gasteiger partial charge in [0.1, 0.15) is 22.3 Å². The first-order chi connectivity index (χ1) is 26.5. The van der Waals surface area contributed by atoms with Gasteiger partial charge in [-0.2, -0.15) is 0 Å². The summed E-state index contributed by atoms with van der Waals surface area (Å²) in [6.07, 6.45) is 0. The van der Waals surface area contributed by atoms with E-state index in [-0.39, 0.29) is 5.41 Å². The maximum atomic E-state index is 6.69. The minimum atomic E-state index is -0.113. The number of benzene rings is 8. The van der Waals surface area contributed by atoms with Gasteiger partial charge in [-0.1, -0.05) is 123 Å². The highest BCUT2D eigenvalue weighted by molar-refractivity contribution is 6.15. The van der Waals surface area contributed by atoms with Crippen molar-refractivity contribution in [1.82, 2.24) is 0 Å². The summed E-state index contributed by atoms with van der Waals surface area (Å²) in [5, 5.41) is 4.24. The molecule has 256 valence electrons. The van der Waals surface area contributed by atoms with Crippen molar-refractivity contribution in [2.24, 2.45) is 0 Å². The molecule has 0 unspecified atom stereocenters. The lowest BCUT2D eigenvalue weighted by molar-refractivity contribution is 0.660. The molecule has 0 N–H and O–H groups in total. The molecule has 2 aromatic heterocycles. The summed E-state index contributed by atoms with van der Waals surface area (Å²) in [5.41, 5.74) is 16.6. The lowest BCUT2D eigenvalue weighted by atomic mass is 9.82. The molecule has 0 aliphatic heterocycles. The molecule has 0 atom stereocenters. The van der Waals surface area contributed by atoms with Crippen molar-refractivity contribution < 1.29 is 8.83 Å². The van der Waals surface area contributed by atoms with Crippen LogP contribution in [-0.2, 0) is 5.41 Å². The molecule has 10 aromatic rings. The summed E-state index contributed by atoms with van der Waals surface area (Å²) in [7, 11) is 0. The van der Waals surface area contributed by atoms with E-state index in [2.05, 4.69) is 189 Å². The lowest BCUT2D eigenvalue weighted by Crippen LogP contribution is -2.16. The van der Waals surface area contributed by atoms with Gasteiger partial charge in [-0.3, -0.25) is 0 Å². The standard InChI is InChI=1S/C51H35NO2/c1-51(2)45-16-10-9-15-39(45)40-25-22-37(28-46(40)51)52(36-20-17-34(18-21-36)32-11-5-3-6-12-32)38-23-26-42-44-31-49-43(30-50(44)54-48(42)29-38)41-24-19-35(27-47(41)53-49)33-13-7-4-8-14-33/h3-31H,1-2H3. The number of nitrogens with zero attached hydrogens (tertiary/aromatic N) is 1. The van der Waals surface area contributed by atoms with Crippen molar-refractivity contribution in [1.29, 1.82) is 0 Å². The van der Waals surface area contributed by atoms with Gasteiger partial charge in [0, 0.05) is 50.1 Å². The minimum absolute atomic E-state index is 0.113. The first-order valence-electron chi connectivity index (χ1n) is 18.6. The molecule has 0 saturated carbocycles. The molecule has 0 radical (unpaired) electrons. The number of rotatable bonds is 5. The maximum absolute atomic E-state index is 6.69. The van der Waals surface area contributed by atoms with E-state index < -0.39 is 0 Å². The molecule has 8 aromatic carbocycles. The third-order valence-corrected chi connectivity index (χ3v) is 11.5. The normalized spacial score (nSPS) is 13.1. The zero-order valence-corrected chi connectivity index (χ0v) is 30.0. The number of fused-ring (bicyclic) bond motifs is 9. The molecule has 2 heterocycles. The molecule has 0 spiro atoms. The molecule has 54 heavy (non-hydrogen) atoms. The summed E-state index contributed by atoms with van der Waals surface area (Å²) in [6.45, 7) is 4.67. The van der Waals surface area contributed by atoms with Gasteiger partial charge in [-0.25, -0.2) is 0 Å². The summed E-state index contributed by atoms with van der Waals surface area (Å²) < 4.78 is 13.2. The highest BCUT2D eigenvalue weighted by Gasteiger charge is 2.35. The van der Waals surface area contributed by atoms with Gasteiger partial charge in [0.25, 0.3) is 0 Å². The zero-order chi connectivity index (χ0) is 36.0. The molecule has 3 heteroatoms. The first kappa shape index (κ1) is 30.8. The van der Waals surface area contributed by atoms with Crippen LogP contribution in [0.4, 0.5) is 17.1 Å². The van der Waals surface area contributed by atoms with Crippen molar-refractivity contribution in [3.05, 3.63) is 187 Å². The van der Waals surface area contributed by atoms with Crippen LogP contribution >= 0.6 is 0 Å². The van der Waals surface area contributed by atoms with Crippen LogP contribution in [0.15, 0.2) is 185 Å². The Bertz CT molecular complexity index is 3060. The Morgan fingerprint density at radius 1 is 0.352 bits per heavy atom. The fourth-order valence-electron chi connectivity index (χ4n) is 8.70. The number of anilines is 3. The van der Waals surface area contributed by atoms with Gasteiger partial charge in [0.05, 0.1) is 0 Å². The van der Waals surface area contributed by atoms with Crippen molar-refractivity contribution in [2.45, 2.75) is 19.3 Å². The SMILES string of the molecule is CC1(C)c2ccccc2-c2ccc(N(c3ccc(-c4ccccc4)cc3)c3ccc4c(c3)oc3cc5c(cc34)oc3cc(-c4ccccc4)ccc35)cc21. The molecule has 1 aliphatic carbocycles. The van der Waals surface area contributed by atoms with Gasteiger partial charge < -0.3 is 13.7 Å². The molecule has 0 bridgehead atoms. The second kappa shape index (κ2) is 11.6. The summed E-state index contributed by atoms with van der Waals surface area (Å²) in [4.78, 5) is 2.35. The van der Waals surface area contributed by atoms with Crippen LogP contribution in [-0.4, -0.2) is 0 Å². The van der Waals surface area contributed by atoms with E-state index in [4.69, 9.17) is 8.83 Å². The van der Waals surface area contributed by atoms with Crippen LogP contribution in [0.3, 0.4) is 0 Å². The number of hydrogen-bond donors (Lipinski definition) is 0. The summed E-state index contributed by atoms with van der Waals surface area (Å²) >= 11 is 0. The van der Waals surface area contributed by atoms with E-state index in [0.29, 0.717) is 0 Å². The van der Waals surface area contributed by atoms with E-state index in [9.17, 15) is 0 Å². The van der Waals surface area contributed by atoms with Gasteiger partial charge in [0.2, 0.25) is 0 Å². The predicted octanol–water partition coefficient (Wildman–Crippen LogP) is 14.6. The van der Waals surface area contributed by atoms with Crippen molar-refractivity contribution in [2.75, 3.05) is 4.90 Å². The third-order valence-electron chi connectivity index (χ3n) is 11.5. The second-order valence-electron chi connectivity index (χ2n) is 15.0. The van der Waals surface area contributed by atoms with Crippen molar-refractivity contribution >= 4 is 60.9 Å². The predicted molar refractivity (Wildman–Crippen MR) is 224 cm³/mol. The first-order valence-corrected chi connectivity index (χ1v) is 18.6. The quantitative estimate of drug-likeness (QED) is 0.180. The van der Waals surface area contributed by atoms with E-state index in [1.165, 1.54) is 38.9 Å². The summed E-state index contributed by atoms with van der Waals surface area (Å²) in [6, 6.07) is 62.9. The van der Waals surface area contributed by atoms with E-state index in [1.54, 1.807) is 0 Å². The lowest BCUT2D eigenvalue weighted by Gasteiger charge is -2.28. The number of furan rings is 2. The minimum Gasteiger partial charge on any atom is -0.456 e. The molecule has 1 aliphatic rings. The van der Waals surface area contributed by atoms with Crippen molar-refractivity contribution in [3.8, 4) is 33.4 Å². The molecule has 0 amide bonds. The van der Waals surface area contributed by atoms with Gasteiger partial charge in [-0.05, 0) is 105 Å². The van der Waals surface area contributed by atoms with Crippen LogP contribution < -0.4 is 4.90 Å². The maximum Gasteiger partial charge on any atom is 0.137 e. The third kappa shape index (κ3) is 4.68. The zero-order valence-electron chi connectivity index (χ0n) is 30.0. The van der Waals surface area contributed by atoms with Crippen LogP contribution in [0.5, 0.6) is 0 Å². The van der Waals surface area contributed by atoms with E-state index in [0.717, 1.165) is 66.5 Å². The highest BCUT2D eigenvalue weighted by atomic mass is 16.3. The Kier molecular flexibility index (Phi) is 6.60. The van der Waals surface area contributed by atoms with E-state index in [1.807, 2.05) is 6.07 Å². The largest absolute Gasteiger partial charge is 0.456 e. The smallest absolute Gasteiger partial charge is 0.137 e. The highest BCUT2D eigenvalue weighted by Crippen LogP contribution is 2.51. The molecule has 0 saturated heterocycles. The fourth-order valence-corrected chi connectivity index (χ4v) is 8.70. The number of hydrogen-bond acceptors (Lipinski definition) is 3. The Hall–Kier alpha value is -6.84. The molecule has 3 nitrogen and oxygen atoms in total. The average molecular weight is 694 g/mol. The van der Waals surface area contributed by atoms with E-state index >= 15 is 0 Å².